The molecule has 0 radical (unpaired) electrons. The summed E-state index contributed by atoms with van der Waals surface area (Å²) in [6, 6.07) is 0. The van der Waals surface area contributed by atoms with Gasteiger partial charge >= 0.3 is 5.97 Å². The van der Waals surface area contributed by atoms with Crippen LogP contribution in [0.25, 0.3) is 0 Å². The molecule has 122 valence electrons. The molecule has 0 amide bonds. The van der Waals surface area contributed by atoms with E-state index in [0.29, 0.717) is 44.3 Å². The minimum Gasteiger partial charge on any atom is -0.481 e. The molecule has 1 N–H and O–H groups in total. The summed E-state index contributed by atoms with van der Waals surface area (Å²) < 4.78 is 10.8. The quantitative estimate of drug-likeness (QED) is 0.819. The van der Waals surface area contributed by atoms with Crippen LogP contribution in [0.5, 0.6) is 0 Å². The molecule has 1 aliphatic heterocycles. The fraction of sp³-hybridized carbons (Fsp3) is 0.800. The molecule has 0 aromatic carbocycles. The standard InChI is InChI=1S/C15H23N3O4/c1-21-8-6-15(14(19)20)5-2-7-18(10-15)9-12-16-17-13(22-12)11-3-4-11/h11H,2-10H2,1H3,(H,19,20). The average molecular weight is 309 g/mol. The molecular weight excluding hydrogens is 286 g/mol. The summed E-state index contributed by atoms with van der Waals surface area (Å²) in [6.45, 7) is 2.37. The van der Waals surface area contributed by atoms with Crippen molar-refractivity contribution in [2.24, 2.45) is 5.41 Å². The maximum atomic E-state index is 11.7. The van der Waals surface area contributed by atoms with E-state index in [1.807, 2.05) is 0 Å². The summed E-state index contributed by atoms with van der Waals surface area (Å²) in [7, 11) is 1.61. The third-order valence-electron chi connectivity index (χ3n) is 4.66. The minimum atomic E-state index is -0.738. The summed E-state index contributed by atoms with van der Waals surface area (Å²) in [5.74, 6) is 1.03. The molecule has 2 heterocycles. The highest BCUT2D eigenvalue weighted by Gasteiger charge is 2.42. The van der Waals surface area contributed by atoms with Crippen LogP contribution >= 0.6 is 0 Å². The molecule has 1 saturated heterocycles. The van der Waals surface area contributed by atoms with E-state index >= 15 is 0 Å². The van der Waals surface area contributed by atoms with Crippen molar-refractivity contribution in [3.8, 4) is 0 Å². The van der Waals surface area contributed by atoms with Gasteiger partial charge in [-0.25, -0.2) is 0 Å². The number of likely N-dealkylation sites (tertiary alicyclic amines) is 1. The monoisotopic (exact) mass is 309 g/mol. The van der Waals surface area contributed by atoms with Gasteiger partial charge in [-0.05, 0) is 38.6 Å². The lowest BCUT2D eigenvalue weighted by Crippen LogP contribution is -2.48. The Morgan fingerprint density at radius 2 is 2.32 bits per heavy atom. The topological polar surface area (TPSA) is 88.7 Å². The highest BCUT2D eigenvalue weighted by molar-refractivity contribution is 5.75. The van der Waals surface area contributed by atoms with Gasteiger partial charge in [-0.15, -0.1) is 10.2 Å². The van der Waals surface area contributed by atoms with Crippen LogP contribution in [0.1, 0.15) is 49.8 Å². The van der Waals surface area contributed by atoms with Gasteiger partial charge < -0.3 is 14.3 Å². The van der Waals surface area contributed by atoms with E-state index in [1.165, 1.54) is 0 Å². The second kappa shape index (κ2) is 6.34. The van der Waals surface area contributed by atoms with Gasteiger partial charge in [0.2, 0.25) is 11.8 Å². The van der Waals surface area contributed by atoms with Gasteiger partial charge in [-0.1, -0.05) is 0 Å². The van der Waals surface area contributed by atoms with Gasteiger partial charge in [0.05, 0.1) is 12.0 Å². The number of carboxylic acids is 1. The highest BCUT2D eigenvalue weighted by Crippen LogP contribution is 2.39. The molecule has 1 unspecified atom stereocenters. The van der Waals surface area contributed by atoms with Crippen molar-refractivity contribution in [2.45, 2.75) is 44.6 Å². The van der Waals surface area contributed by atoms with Crippen molar-refractivity contribution in [3.63, 3.8) is 0 Å². The molecule has 2 fully saturated rings. The summed E-state index contributed by atoms with van der Waals surface area (Å²) in [5, 5.41) is 17.8. The van der Waals surface area contributed by atoms with E-state index in [-0.39, 0.29) is 0 Å². The van der Waals surface area contributed by atoms with Gasteiger partial charge in [0, 0.05) is 26.2 Å². The van der Waals surface area contributed by atoms with E-state index in [1.54, 1.807) is 7.11 Å². The Balaban J connectivity index is 1.64. The van der Waals surface area contributed by atoms with E-state index < -0.39 is 11.4 Å². The van der Waals surface area contributed by atoms with Crippen LogP contribution in [0.2, 0.25) is 0 Å². The van der Waals surface area contributed by atoms with Crippen molar-refractivity contribution in [3.05, 3.63) is 11.8 Å². The first kappa shape index (κ1) is 15.4. The zero-order valence-corrected chi connectivity index (χ0v) is 13.0. The normalized spacial score (nSPS) is 26.2. The number of aliphatic carboxylic acids is 1. The van der Waals surface area contributed by atoms with Gasteiger partial charge in [0.25, 0.3) is 0 Å². The number of aromatic nitrogens is 2. The minimum absolute atomic E-state index is 0.447. The van der Waals surface area contributed by atoms with Crippen LogP contribution in [-0.4, -0.2) is 53.0 Å². The van der Waals surface area contributed by atoms with E-state index in [2.05, 4.69) is 15.1 Å². The largest absolute Gasteiger partial charge is 0.481 e. The summed E-state index contributed by atoms with van der Waals surface area (Å²) in [4.78, 5) is 13.9. The van der Waals surface area contributed by atoms with Crippen LogP contribution in [0.4, 0.5) is 0 Å². The lowest BCUT2D eigenvalue weighted by molar-refractivity contribution is -0.154. The Morgan fingerprint density at radius 3 is 3.00 bits per heavy atom. The van der Waals surface area contributed by atoms with Crippen molar-refractivity contribution < 1.29 is 19.1 Å². The molecule has 0 bridgehead atoms. The molecule has 1 atom stereocenters. The molecule has 1 aromatic rings. The first-order valence-electron chi connectivity index (χ1n) is 7.90. The smallest absolute Gasteiger partial charge is 0.311 e. The van der Waals surface area contributed by atoms with Crippen molar-refractivity contribution in [1.29, 1.82) is 0 Å². The van der Waals surface area contributed by atoms with Gasteiger partial charge in [0.1, 0.15) is 0 Å². The zero-order chi connectivity index (χ0) is 15.6. The van der Waals surface area contributed by atoms with Crippen molar-refractivity contribution in [1.82, 2.24) is 15.1 Å². The molecule has 22 heavy (non-hydrogen) atoms. The number of ether oxygens (including phenoxy) is 1. The predicted octanol–water partition coefficient (Wildman–Crippen LogP) is 1.65. The van der Waals surface area contributed by atoms with Crippen LogP contribution < -0.4 is 0 Å². The number of nitrogens with zero attached hydrogens (tertiary/aromatic N) is 3. The van der Waals surface area contributed by atoms with Crippen LogP contribution in [0, 0.1) is 5.41 Å². The summed E-state index contributed by atoms with van der Waals surface area (Å²) >= 11 is 0. The van der Waals surface area contributed by atoms with Gasteiger partial charge in [0.15, 0.2) is 0 Å². The van der Waals surface area contributed by atoms with Crippen molar-refractivity contribution in [2.75, 3.05) is 26.8 Å². The van der Waals surface area contributed by atoms with Crippen molar-refractivity contribution >= 4 is 5.97 Å². The molecular formula is C15H23N3O4. The summed E-state index contributed by atoms with van der Waals surface area (Å²) in [6.07, 6.45) is 4.35. The second-order valence-corrected chi connectivity index (χ2v) is 6.45. The third kappa shape index (κ3) is 3.30. The molecule has 1 saturated carbocycles. The fourth-order valence-corrected chi connectivity index (χ4v) is 3.16. The average Bonchev–Trinajstić information content (AvgIpc) is 3.26. The van der Waals surface area contributed by atoms with Crippen LogP contribution in [-0.2, 0) is 16.1 Å². The fourth-order valence-electron chi connectivity index (χ4n) is 3.16. The Bertz CT molecular complexity index is 529. The predicted molar refractivity (Wildman–Crippen MR) is 77.3 cm³/mol. The number of carbonyl (C=O) groups is 1. The molecule has 7 heteroatoms. The molecule has 7 nitrogen and oxygen atoms in total. The maximum absolute atomic E-state index is 11.7. The number of piperidine rings is 1. The number of carboxylic acid groups (broad SMARTS) is 1. The molecule has 1 aliphatic carbocycles. The SMILES string of the molecule is COCCC1(C(=O)O)CCCN(Cc2nnc(C3CC3)o2)C1. The Labute approximate surface area is 129 Å². The van der Waals surface area contributed by atoms with E-state index in [4.69, 9.17) is 9.15 Å². The van der Waals surface area contributed by atoms with Crippen LogP contribution in [0.15, 0.2) is 4.42 Å². The molecule has 1 aromatic heterocycles. The first-order valence-corrected chi connectivity index (χ1v) is 7.90. The van der Waals surface area contributed by atoms with Gasteiger partial charge in [-0.3, -0.25) is 9.69 Å². The Morgan fingerprint density at radius 1 is 1.50 bits per heavy atom. The highest BCUT2D eigenvalue weighted by atomic mass is 16.5. The molecule has 0 spiro atoms. The maximum Gasteiger partial charge on any atom is 0.311 e. The van der Waals surface area contributed by atoms with Crippen LogP contribution in [0.3, 0.4) is 0 Å². The number of hydrogen-bond acceptors (Lipinski definition) is 6. The second-order valence-electron chi connectivity index (χ2n) is 6.45. The Hall–Kier alpha value is -1.47. The van der Waals surface area contributed by atoms with E-state index in [9.17, 15) is 9.90 Å². The number of hydrogen-bond donors (Lipinski definition) is 1. The van der Waals surface area contributed by atoms with E-state index in [0.717, 1.165) is 31.7 Å². The third-order valence-corrected chi connectivity index (χ3v) is 4.66. The number of methoxy groups -OCH3 is 1. The summed E-state index contributed by atoms with van der Waals surface area (Å²) in [5.41, 5.74) is -0.729. The lowest BCUT2D eigenvalue weighted by Gasteiger charge is -2.39. The zero-order valence-electron chi connectivity index (χ0n) is 13.0. The first-order chi connectivity index (χ1) is 10.6. The molecule has 3 rings (SSSR count). The molecule has 2 aliphatic rings. The Kier molecular flexibility index (Phi) is 4.44. The van der Waals surface area contributed by atoms with Gasteiger partial charge in [-0.2, -0.15) is 0 Å². The number of rotatable bonds is 7. The lowest BCUT2D eigenvalue weighted by atomic mass is 9.77.